The third kappa shape index (κ3) is 6.96. The van der Waals surface area contributed by atoms with Crippen molar-refractivity contribution in [2.24, 2.45) is 10.5 Å². The van der Waals surface area contributed by atoms with E-state index in [0.717, 1.165) is 0 Å². The lowest BCUT2D eigenvalue weighted by molar-refractivity contribution is -0.177. The molecule has 0 radical (unpaired) electrons. The number of ether oxygens (including phenoxy) is 1. The molecule has 13 heteroatoms. The number of hydrogen-bond donors (Lipinski definition) is 2. The molecule has 0 bridgehead atoms. The second-order valence-electron chi connectivity index (χ2n) is 7.45. The van der Waals surface area contributed by atoms with Crippen LogP contribution >= 0.6 is 0 Å². The van der Waals surface area contributed by atoms with Crippen molar-refractivity contribution in [1.82, 2.24) is 16.1 Å². The molecule has 13 nitrogen and oxygen atoms in total. The van der Waals surface area contributed by atoms with E-state index >= 15 is 0 Å². The van der Waals surface area contributed by atoms with Gasteiger partial charge in [-0.1, -0.05) is 27.9 Å². The average Bonchev–Trinajstić information content (AvgIpc) is 3.01. The van der Waals surface area contributed by atoms with Gasteiger partial charge in [0.25, 0.3) is 11.8 Å². The van der Waals surface area contributed by atoms with Crippen molar-refractivity contribution in [3.8, 4) is 0 Å². The maximum Gasteiger partial charge on any atom is 0.534 e. The van der Waals surface area contributed by atoms with E-state index in [1.54, 1.807) is 26.8 Å². The Hall–Kier alpha value is -3.67. The van der Waals surface area contributed by atoms with Gasteiger partial charge in [0.05, 0.1) is 5.41 Å². The molecule has 0 unspecified atom stereocenters. The largest absolute Gasteiger partial charge is 0.534 e. The van der Waals surface area contributed by atoms with Gasteiger partial charge in [-0.3, -0.25) is 14.4 Å². The summed E-state index contributed by atoms with van der Waals surface area (Å²) in [7, 11) is 0. The first kappa shape index (κ1) is 23.6. The summed E-state index contributed by atoms with van der Waals surface area (Å²) in [4.78, 5) is 58.8. The smallest absolute Gasteiger partial charge is 0.428 e. The number of carbonyl (C=O) groups excluding carboxylic acids is 4. The standard InChI is InChI=1S/C18H22N6O7/c1-18(2,3)16(27)30-23-20-9-12-8-13(21-22-19)5-4-11(12)10-29-17(28)31-24-14(25)6-7-15(24)26/h4-5,8,20,23H,6-7,9-10H2,1-3H3. The van der Waals surface area contributed by atoms with Gasteiger partial charge in [-0.15, -0.1) is 0 Å². The molecule has 1 saturated heterocycles. The predicted octanol–water partition coefficient (Wildman–Crippen LogP) is 2.44. The quantitative estimate of drug-likeness (QED) is 0.118. The van der Waals surface area contributed by atoms with Gasteiger partial charge in [0.15, 0.2) is 0 Å². The molecule has 2 amide bonds. The van der Waals surface area contributed by atoms with Crippen molar-refractivity contribution in [3.05, 3.63) is 39.8 Å². The van der Waals surface area contributed by atoms with Gasteiger partial charge in [-0.2, -0.15) is 0 Å². The summed E-state index contributed by atoms with van der Waals surface area (Å²) in [6.45, 7) is 4.92. The number of imide groups is 1. The number of azide groups is 1. The van der Waals surface area contributed by atoms with E-state index in [-0.39, 0.29) is 26.0 Å². The number of hydrogen-bond acceptors (Lipinski definition) is 10. The molecular formula is C18H22N6O7. The fourth-order valence-electron chi connectivity index (χ4n) is 2.29. The summed E-state index contributed by atoms with van der Waals surface area (Å²) in [6, 6.07) is 4.60. The number of nitrogens with one attached hydrogen (secondary N) is 2. The van der Waals surface area contributed by atoms with E-state index in [4.69, 9.17) is 15.1 Å². The molecule has 166 valence electrons. The van der Waals surface area contributed by atoms with E-state index in [0.29, 0.717) is 21.9 Å². The lowest BCUT2D eigenvalue weighted by Gasteiger charge is -2.17. The number of hydroxylamine groups is 2. The van der Waals surface area contributed by atoms with Gasteiger partial charge in [0.1, 0.15) is 6.61 Å². The maximum absolute atomic E-state index is 11.8. The van der Waals surface area contributed by atoms with Crippen LogP contribution < -0.4 is 11.0 Å². The third-order valence-electron chi connectivity index (χ3n) is 3.97. The molecule has 1 aliphatic heterocycles. The zero-order chi connectivity index (χ0) is 23.0. The van der Waals surface area contributed by atoms with Crippen LogP contribution in [0.3, 0.4) is 0 Å². The van der Waals surface area contributed by atoms with Gasteiger partial charge < -0.3 is 9.57 Å². The van der Waals surface area contributed by atoms with Crippen LogP contribution in [0.2, 0.25) is 0 Å². The Morgan fingerprint density at radius 1 is 1.19 bits per heavy atom. The van der Waals surface area contributed by atoms with Crippen molar-refractivity contribution in [3.63, 3.8) is 0 Å². The molecule has 0 aliphatic carbocycles. The van der Waals surface area contributed by atoms with Crippen LogP contribution in [0.4, 0.5) is 10.5 Å². The molecule has 0 atom stereocenters. The number of carbonyl (C=O) groups is 4. The summed E-state index contributed by atoms with van der Waals surface area (Å²) >= 11 is 0. The topological polar surface area (TPSA) is 172 Å². The molecule has 1 heterocycles. The second-order valence-corrected chi connectivity index (χ2v) is 7.45. The van der Waals surface area contributed by atoms with Gasteiger partial charge in [0.2, 0.25) is 0 Å². The monoisotopic (exact) mass is 434 g/mol. The highest BCUT2D eigenvalue weighted by molar-refractivity contribution is 6.01. The first-order chi connectivity index (χ1) is 14.6. The number of amides is 2. The summed E-state index contributed by atoms with van der Waals surface area (Å²) in [5, 5.41) is 3.89. The fourth-order valence-corrected chi connectivity index (χ4v) is 2.29. The fraction of sp³-hybridized carbons (Fsp3) is 0.444. The second kappa shape index (κ2) is 10.4. The minimum absolute atomic E-state index is 0.0322. The molecular weight excluding hydrogens is 412 g/mol. The van der Waals surface area contributed by atoms with E-state index in [9.17, 15) is 19.2 Å². The van der Waals surface area contributed by atoms with E-state index in [2.05, 4.69) is 25.9 Å². The molecule has 31 heavy (non-hydrogen) atoms. The summed E-state index contributed by atoms with van der Waals surface area (Å²) in [5.41, 5.74) is 14.3. The Balaban J connectivity index is 1.97. The van der Waals surface area contributed by atoms with Crippen LogP contribution in [0.5, 0.6) is 0 Å². The van der Waals surface area contributed by atoms with Crippen molar-refractivity contribution >= 4 is 29.6 Å². The zero-order valence-corrected chi connectivity index (χ0v) is 17.2. The Bertz CT molecular complexity index is 904. The number of benzene rings is 1. The van der Waals surface area contributed by atoms with Crippen molar-refractivity contribution in [1.29, 1.82) is 0 Å². The van der Waals surface area contributed by atoms with Gasteiger partial charge in [-0.05, 0) is 43.5 Å². The summed E-state index contributed by atoms with van der Waals surface area (Å²) in [6.07, 6.45) is -1.29. The number of rotatable bonds is 8. The molecule has 1 aliphatic rings. The van der Waals surface area contributed by atoms with Crippen molar-refractivity contribution in [2.75, 3.05) is 0 Å². The number of nitrogens with zero attached hydrogens (tertiary/aromatic N) is 4. The maximum atomic E-state index is 11.8. The summed E-state index contributed by atoms with van der Waals surface area (Å²) < 4.78 is 4.97. The Morgan fingerprint density at radius 3 is 2.48 bits per heavy atom. The summed E-state index contributed by atoms with van der Waals surface area (Å²) in [5.74, 6) is -1.73. The molecule has 0 saturated carbocycles. The molecule has 1 aromatic carbocycles. The molecule has 2 rings (SSSR count). The van der Waals surface area contributed by atoms with Crippen LogP contribution in [-0.4, -0.2) is 29.0 Å². The highest BCUT2D eigenvalue weighted by atomic mass is 16.8. The van der Waals surface area contributed by atoms with Gasteiger partial charge >= 0.3 is 12.1 Å². The average molecular weight is 434 g/mol. The lowest BCUT2D eigenvalue weighted by atomic mass is 9.98. The van der Waals surface area contributed by atoms with Crippen LogP contribution in [-0.2, 0) is 41.9 Å². The third-order valence-corrected chi connectivity index (χ3v) is 3.97. The van der Waals surface area contributed by atoms with Gasteiger partial charge in [-0.25, -0.2) is 15.0 Å². The Labute approximate surface area is 177 Å². The van der Waals surface area contributed by atoms with Crippen LogP contribution in [0.1, 0.15) is 44.7 Å². The normalized spacial score (nSPS) is 13.6. The first-order valence-corrected chi connectivity index (χ1v) is 9.18. The molecule has 1 aromatic rings. The van der Waals surface area contributed by atoms with Crippen LogP contribution in [0, 0.1) is 5.41 Å². The zero-order valence-electron chi connectivity index (χ0n) is 17.2. The minimum atomic E-state index is -1.22. The molecule has 0 aromatic heterocycles. The highest BCUT2D eigenvalue weighted by Gasteiger charge is 2.33. The van der Waals surface area contributed by atoms with Gasteiger partial charge in [0, 0.05) is 30.0 Å². The SMILES string of the molecule is CC(C)(C)C(=O)ONNCc1cc(N=[N+]=[N-])ccc1COC(=O)ON1C(=O)CCC1=O. The predicted molar refractivity (Wildman–Crippen MR) is 103 cm³/mol. The van der Waals surface area contributed by atoms with E-state index < -0.39 is 29.4 Å². The Kier molecular flexibility index (Phi) is 7.91. The van der Waals surface area contributed by atoms with Crippen LogP contribution in [0.15, 0.2) is 23.3 Å². The Morgan fingerprint density at radius 2 is 1.87 bits per heavy atom. The molecule has 1 fully saturated rings. The first-order valence-electron chi connectivity index (χ1n) is 9.18. The lowest BCUT2D eigenvalue weighted by Crippen LogP contribution is -2.37. The van der Waals surface area contributed by atoms with E-state index in [1.165, 1.54) is 12.1 Å². The van der Waals surface area contributed by atoms with E-state index in [1.807, 2.05) is 0 Å². The number of hydrazine groups is 1. The van der Waals surface area contributed by atoms with Crippen molar-refractivity contribution in [2.45, 2.75) is 46.8 Å². The minimum Gasteiger partial charge on any atom is -0.428 e. The van der Waals surface area contributed by atoms with Crippen LogP contribution in [0.25, 0.3) is 10.4 Å². The van der Waals surface area contributed by atoms with Crippen molar-refractivity contribution < 1.29 is 33.6 Å². The highest BCUT2D eigenvalue weighted by Crippen LogP contribution is 2.20. The molecule has 0 spiro atoms. The molecule has 2 N–H and O–H groups in total.